The minimum atomic E-state index is -0.242. The van der Waals surface area contributed by atoms with Crippen molar-refractivity contribution in [3.05, 3.63) is 82.6 Å². The number of rotatable bonds is 3. The van der Waals surface area contributed by atoms with E-state index in [0.29, 0.717) is 12.2 Å². The first-order valence-electron chi connectivity index (χ1n) is 10.5. The van der Waals surface area contributed by atoms with Crippen molar-refractivity contribution in [1.29, 1.82) is 0 Å². The summed E-state index contributed by atoms with van der Waals surface area (Å²) in [7, 11) is 3.63. The Bertz CT molecular complexity index is 1280. The highest BCUT2D eigenvalue weighted by Crippen LogP contribution is 2.36. The Morgan fingerprint density at radius 1 is 1.13 bits per heavy atom. The molecule has 1 N–H and O–H groups in total. The van der Waals surface area contributed by atoms with Crippen LogP contribution in [0.1, 0.15) is 44.6 Å². The predicted molar refractivity (Wildman–Crippen MR) is 121 cm³/mol. The number of aromatic nitrogens is 3. The third-order valence-corrected chi connectivity index (χ3v) is 6.45. The Morgan fingerprint density at radius 2 is 1.87 bits per heavy atom. The lowest BCUT2D eigenvalue weighted by molar-refractivity contribution is 0.0681. The molecule has 0 saturated heterocycles. The molecule has 0 radical (unpaired) electrons. The number of carbonyl (C=O) groups excluding carboxylic acids is 1. The topological polar surface area (TPSA) is 63.1 Å². The van der Waals surface area contributed by atoms with Crippen molar-refractivity contribution in [2.24, 2.45) is 7.05 Å². The number of nitrogens with zero attached hydrogens (tertiary/aromatic N) is 3. The lowest BCUT2D eigenvalue weighted by atomic mass is 9.95. The average molecular weight is 415 g/mol. The lowest BCUT2D eigenvalue weighted by Crippen LogP contribution is -2.41. The quantitative estimate of drug-likeness (QED) is 0.543. The zero-order valence-corrected chi connectivity index (χ0v) is 18.3. The van der Waals surface area contributed by atoms with Gasteiger partial charge in [-0.2, -0.15) is 0 Å². The summed E-state index contributed by atoms with van der Waals surface area (Å²) in [5, 5.41) is 1.13. The molecule has 1 aliphatic rings. The van der Waals surface area contributed by atoms with Gasteiger partial charge in [0.05, 0.1) is 24.6 Å². The molecule has 0 saturated carbocycles. The van der Waals surface area contributed by atoms with Gasteiger partial charge in [-0.05, 0) is 48.7 Å². The van der Waals surface area contributed by atoms with Crippen LogP contribution in [0.4, 0.5) is 0 Å². The lowest BCUT2D eigenvalue weighted by Gasteiger charge is -2.35. The van der Waals surface area contributed by atoms with Gasteiger partial charge >= 0.3 is 0 Å². The summed E-state index contributed by atoms with van der Waals surface area (Å²) in [6.07, 6.45) is 2.48. The van der Waals surface area contributed by atoms with Gasteiger partial charge in [0, 0.05) is 31.1 Å². The molecule has 3 heterocycles. The van der Waals surface area contributed by atoms with E-state index in [9.17, 15) is 4.79 Å². The number of carbonyl (C=O) groups is 1. The van der Waals surface area contributed by atoms with Gasteiger partial charge in [0.15, 0.2) is 0 Å². The van der Waals surface area contributed by atoms with Crippen molar-refractivity contribution in [1.82, 2.24) is 19.4 Å². The third-order valence-electron chi connectivity index (χ3n) is 6.45. The largest absolute Gasteiger partial charge is 0.497 e. The molecule has 6 heteroatoms. The van der Waals surface area contributed by atoms with Gasteiger partial charge in [0.25, 0.3) is 5.91 Å². The first-order chi connectivity index (χ1) is 15.0. The normalized spacial score (nSPS) is 15.9. The standard InChI is InChI=1S/C25H26N4O2/c1-15-5-6-16(2)23-19(15)13-21(28(23)3)25(30)29-12-11-20-22(27-14-26-20)24(29)17-7-9-18(31-4)10-8-17/h5-10,13-14,24H,11-12H2,1-4H3,(H,26,27)/t24-/m0/s1. The van der Waals surface area contributed by atoms with Gasteiger partial charge in [0.2, 0.25) is 0 Å². The van der Waals surface area contributed by atoms with Crippen LogP contribution in [-0.2, 0) is 13.5 Å². The maximum Gasteiger partial charge on any atom is 0.271 e. The van der Waals surface area contributed by atoms with E-state index in [2.05, 4.69) is 35.9 Å². The van der Waals surface area contributed by atoms with Gasteiger partial charge in [-0.3, -0.25) is 4.79 Å². The zero-order valence-electron chi connectivity index (χ0n) is 18.3. The number of benzene rings is 2. The number of imidazole rings is 1. The molecular weight excluding hydrogens is 388 g/mol. The van der Waals surface area contributed by atoms with Gasteiger partial charge in [-0.1, -0.05) is 24.3 Å². The van der Waals surface area contributed by atoms with Crippen LogP contribution < -0.4 is 4.74 Å². The minimum Gasteiger partial charge on any atom is -0.497 e. The van der Waals surface area contributed by atoms with Crippen LogP contribution in [0.2, 0.25) is 0 Å². The number of hydrogen-bond donors (Lipinski definition) is 1. The smallest absolute Gasteiger partial charge is 0.271 e. The van der Waals surface area contributed by atoms with Crippen LogP contribution in [0.25, 0.3) is 10.9 Å². The van der Waals surface area contributed by atoms with Gasteiger partial charge < -0.3 is 19.2 Å². The molecule has 2 aromatic heterocycles. The molecule has 1 aliphatic heterocycles. The van der Waals surface area contributed by atoms with Crippen molar-refractivity contribution in [2.45, 2.75) is 26.3 Å². The number of methoxy groups -OCH3 is 1. The highest BCUT2D eigenvalue weighted by molar-refractivity contribution is 6.00. The Morgan fingerprint density at radius 3 is 2.58 bits per heavy atom. The van der Waals surface area contributed by atoms with E-state index >= 15 is 0 Å². The number of ether oxygens (including phenoxy) is 1. The highest BCUT2D eigenvalue weighted by Gasteiger charge is 2.35. The second-order valence-electron chi connectivity index (χ2n) is 8.24. The summed E-state index contributed by atoms with van der Waals surface area (Å²) in [6.45, 7) is 4.81. The van der Waals surface area contributed by atoms with E-state index in [1.807, 2.05) is 46.8 Å². The predicted octanol–water partition coefficient (Wildman–Crippen LogP) is 4.31. The van der Waals surface area contributed by atoms with Crippen LogP contribution in [0.5, 0.6) is 5.75 Å². The fraction of sp³-hybridized carbons (Fsp3) is 0.280. The SMILES string of the molecule is COc1ccc([C@H]2c3nc[nH]c3CCN2C(=O)c2cc3c(C)ccc(C)c3n2C)cc1. The first kappa shape index (κ1) is 19.4. The highest BCUT2D eigenvalue weighted by atomic mass is 16.5. The monoisotopic (exact) mass is 414 g/mol. The molecular formula is C25H26N4O2. The summed E-state index contributed by atoms with van der Waals surface area (Å²) in [6, 6.07) is 13.9. The van der Waals surface area contributed by atoms with E-state index < -0.39 is 0 Å². The number of amides is 1. The van der Waals surface area contributed by atoms with Gasteiger partial charge in [0.1, 0.15) is 17.5 Å². The van der Waals surface area contributed by atoms with Crippen LogP contribution in [0.15, 0.2) is 48.8 Å². The molecule has 4 aromatic rings. The van der Waals surface area contributed by atoms with E-state index in [1.54, 1.807) is 13.4 Å². The summed E-state index contributed by atoms with van der Waals surface area (Å²) < 4.78 is 7.35. The number of aromatic amines is 1. The molecule has 31 heavy (non-hydrogen) atoms. The first-order valence-corrected chi connectivity index (χ1v) is 10.5. The average Bonchev–Trinajstić information content (AvgIpc) is 3.40. The third kappa shape index (κ3) is 3.02. The van der Waals surface area contributed by atoms with Crippen LogP contribution in [0, 0.1) is 13.8 Å². The summed E-state index contributed by atoms with van der Waals surface area (Å²) >= 11 is 0. The number of H-pyrrole nitrogens is 1. The van der Waals surface area contributed by atoms with E-state index in [1.165, 1.54) is 11.1 Å². The molecule has 6 nitrogen and oxygen atoms in total. The zero-order chi connectivity index (χ0) is 21.7. The molecule has 0 spiro atoms. The van der Waals surface area contributed by atoms with Gasteiger partial charge in [-0.25, -0.2) is 4.98 Å². The van der Waals surface area contributed by atoms with Crippen LogP contribution >= 0.6 is 0 Å². The van der Waals surface area contributed by atoms with Crippen LogP contribution in [-0.4, -0.2) is 39.0 Å². The van der Waals surface area contributed by atoms with Crippen molar-refractivity contribution >= 4 is 16.8 Å². The molecule has 0 bridgehead atoms. The molecule has 0 aliphatic carbocycles. The van der Waals surface area contributed by atoms with Gasteiger partial charge in [-0.15, -0.1) is 0 Å². The molecule has 5 rings (SSSR count). The maximum absolute atomic E-state index is 13.9. The Balaban J connectivity index is 1.62. The molecule has 1 amide bonds. The number of hydrogen-bond acceptors (Lipinski definition) is 3. The molecule has 158 valence electrons. The number of fused-ring (bicyclic) bond motifs is 2. The van der Waals surface area contributed by atoms with Crippen molar-refractivity contribution in [3.63, 3.8) is 0 Å². The van der Waals surface area contributed by atoms with E-state index in [-0.39, 0.29) is 11.9 Å². The van der Waals surface area contributed by atoms with Crippen LogP contribution in [0.3, 0.4) is 0 Å². The number of nitrogens with one attached hydrogen (secondary N) is 1. The molecule has 0 fully saturated rings. The minimum absolute atomic E-state index is 0.0203. The van der Waals surface area contributed by atoms with Crippen molar-refractivity contribution in [2.75, 3.05) is 13.7 Å². The maximum atomic E-state index is 13.9. The van der Waals surface area contributed by atoms with E-state index in [4.69, 9.17) is 4.74 Å². The van der Waals surface area contributed by atoms with Crippen molar-refractivity contribution in [3.8, 4) is 5.75 Å². The second-order valence-corrected chi connectivity index (χ2v) is 8.24. The molecule has 2 aromatic carbocycles. The second kappa shape index (κ2) is 7.30. The summed E-state index contributed by atoms with van der Waals surface area (Å²) in [5.74, 6) is 0.811. The summed E-state index contributed by atoms with van der Waals surface area (Å²) in [5.41, 5.74) is 7.18. The Labute approximate surface area is 181 Å². The Kier molecular flexibility index (Phi) is 4.58. The van der Waals surface area contributed by atoms with E-state index in [0.717, 1.165) is 40.0 Å². The molecule has 1 atom stereocenters. The summed E-state index contributed by atoms with van der Waals surface area (Å²) in [4.78, 5) is 23.7. The van der Waals surface area contributed by atoms with Crippen molar-refractivity contribution < 1.29 is 9.53 Å². The number of aryl methyl sites for hydroxylation is 3. The fourth-order valence-corrected chi connectivity index (χ4v) is 4.77. The fourth-order valence-electron chi connectivity index (χ4n) is 4.77. The Hall–Kier alpha value is -3.54. The molecule has 0 unspecified atom stereocenters.